The number of aryl methyl sites for hydroxylation is 1. The van der Waals surface area contributed by atoms with Crippen LogP contribution in [0.4, 0.5) is 0 Å². The second-order valence-corrected chi connectivity index (χ2v) is 4.55. The highest BCUT2D eigenvalue weighted by Crippen LogP contribution is 2.23. The zero-order chi connectivity index (χ0) is 13.1. The molecule has 0 aliphatic heterocycles. The highest BCUT2D eigenvalue weighted by molar-refractivity contribution is 7.98. The molecule has 0 atom stereocenters. The van der Waals surface area contributed by atoms with E-state index in [0.29, 0.717) is 17.1 Å². The van der Waals surface area contributed by atoms with Crippen LogP contribution in [0.25, 0.3) is 0 Å². The number of carbonyl (C=O) groups excluding carboxylic acids is 1. The van der Waals surface area contributed by atoms with E-state index in [1.807, 2.05) is 18.5 Å². The molecule has 0 saturated heterocycles. The smallest absolute Gasteiger partial charge is 0.268 e. The van der Waals surface area contributed by atoms with Gasteiger partial charge in [-0.15, -0.1) is 10.2 Å². The number of furan rings is 1. The van der Waals surface area contributed by atoms with Crippen molar-refractivity contribution in [1.82, 2.24) is 20.2 Å². The number of nitrogen functional groups attached to an aromatic ring is 1. The topological polar surface area (TPSA) is 99.0 Å². The fraction of sp³-hybridized carbons (Fsp3) is 0.300. The Morgan fingerprint density at radius 1 is 1.61 bits per heavy atom. The summed E-state index contributed by atoms with van der Waals surface area (Å²) in [6, 6.07) is 1.58. The molecule has 0 saturated carbocycles. The van der Waals surface area contributed by atoms with E-state index in [2.05, 4.69) is 15.6 Å². The number of amides is 1. The highest BCUT2D eigenvalue weighted by atomic mass is 32.2. The number of nitrogens with one attached hydrogen (secondary N) is 1. The van der Waals surface area contributed by atoms with E-state index in [4.69, 9.17) is 10.3 Å². The Bertz CT molecular complexity index is 562. The van der Waals surface area contributed by atoms with E-state index in [-0.39, 0.29) is 5.91 Å². The maximum absolute atomic E-state index is 11.4. The molecule has 8 heteroatoms. The number of hydrazine groups is 1. The summed E-state index contributed by atoms with van der Waals surface area (Å²) in [5, 5.41) is 8.74. The number of rotatable bonds is 4. The van der Waals surface area contributed by atoms with Crippen molar-refractivity contribution in [2.75, 3.05) is 0 Å². The number of thioether (sulfide) groups is 1. The molecule has 0 fully saturated rings. The van der Waals surface area contributed by atoms with Gasteiger partial charge >= 0.3 is 0 Å². The van der Waals surface area contributed by atoms with Crippen LogP contribution in [0.1, 0.15) is 21.9 Å². The van der Waals surface area contributed by atoms with Gasteiger partial charge in [0.1, 0.15) is 11.6 Å². The Morgan fingerprint density at radius 2 is 2.39 bits per heavy atom. The third kappa shape index (κ3) is 2.39. The van der Waals surface area contributed by atoms with Crippen molar-refractivity contribution < 1.29 is 9.21 Å². The molecule has 0 bridgehead atoms. The summed E-state index contributed by atoms with van der Waals surface area (Å²) in [6.07, 6.45) is 1.46. The first-order chi connectivity index (χ1) is 8.63. The Balaban J connectivity index is 2.09. The van der Waals surface area contributed by atoms with Gasteiger partial charge in [-0.3, -0.25) is 10.2 Å². The zero-order valence-corrected chi connectivity index (χ0v) is 10.8. The van der Waals surface area contributed by atoms with E-state index in [1.165, 1.54) is 18.0 Å². The lowest BCUT2D eigenvalue weighted by atomic mass is 10.2. The highest BCUT2D eigenvalue weighted by Gasteiger charge is 2.15. The quantitative estimate of drug-likeness (QED) is 0.364. The summed E-state index contributed by atoms with van der Waals surface area (Å²) in [5.41, 5.74) is 2.51. The van der Waals surface area contributed by atoms with Crippen molar-refractivity contribution in [2.24, 2.45) is 12.9 Å². The van der Waals surface area contributed by atoms with Gasteiger partial charge in [0.15, 0.2) is 5.16 Å². The number of nitrogens with two attached hydrogens (primary N) is 1. The van der Waals surface area contributed by atoms with E-state index in [0.717, 1.165) is 11.0 Å². The number of hydrogen-bond donors (Lipinski definition) is 2. The summed E-state index contributed by atoms with van der Waals surface area (Å²) in [4.78, 5) is 11.4. The first kappa shape index (κ1) is 12.7. The minimum absolute atomic E-state index is 0.367. The van der Waals surface area contributed by atoms with Crippen molar-refractivity contribution in [3.63, 3.8) is 0 Å². The molecule has 3 N–H and O–H groups in total. The largest absolute Gasteiger partial charge is 0.468 e. The summed E-state index contributed by atoms with van der Waals surface area (Å²) in [5.74, 6) is 6.60. The van der Waals surface area contributed by atoms with Crippen molar-refractivity contribution in [3.05, 3.63) is 29.5 Å². The van der Waals surface area contributed by atoms with Gasteiger partial charge in [-0.25, -0.2) is 5.84 Å². The monoisotopic (exact) mass is 267 g/mol. The van der Waals surface area contributed by atoms with Crippen LogP contribution in [0.2, 0.25) is 0 Å². The summed E-state index contributed by atoms with van der Waals surface area (Å²) >= 11 is 1.44. The van der Waals surface area contributed by atoms with Crippen LogP contribution < -0.4 is 11.3 Å². The molecular weight excluding hydrogens is 254 g/mol. The van der Waals surface area contributed by atoms with E-state index >= 15 is 0 Å². The predicted molar refractivity (Wildman–Crippen MR) is 65.7 cm³/mol. The third-order valence-electron chi connectivity index (χ3n) is 2.51. The lowest BCUT2D eigenvalue weighted by Gasteiger charge is -2.02. The lowest BCUT2D eigenvalue weighted by molar-refractivity contribution is 0.0952. The molecule has 0 spiro atoms. The van der Waals surface area contributed by atoms with Gasteiger partial charge in [0.05, 0.1) is 17.6 Å². The summed E-state index contributed by atoms with van der Waals surface area (Å²) in [6.45, 7) is 1.87. The van der Waals surface area contributed by atoms with Crippen LogP contribution >= 0.6 is 11.8 Å². The second kappa shape index (κ2) is 5.23. The SMILES string of the molecule is Cc1nnc(SCc2occc2C(=O)NN)n1C. The molecule has 0 unspecified atom stereocenters. The molecule has 96 valence electrons. The van der Waals surface area contributed by atoms with Crippen LogP contribution in [-0.4, -0.2) is 20.7 Å². The molecule has 0 radical (unpaired) electrons. The summed E-state index contributed by atoms with van der Waals surface area (Å²) in [7, 11) is 1.88. The maximum Gasteiger partial charge on any atom is 0.268 e. The fourth-order valence-corrected chi connectivity index (χ4v) is 2.28. The molecule has 7 nitrogen and oxygen atoms in total. The van der Waals surface area contributed by atoms with Gasteiger partial charge in [0.2, 0.25) is 0 Å². The molecule has 0 aliphatic carbocycles. The van der Waals surface area contributed by atoms with Crippen molar-refractivity contribution in [1.29, 1.82) is 0 Å². The van der Waals surface area contributed by atoms with Gasteiger partial charge < -0.3 is 8.98 Å². The molecule has 2 heterocycles. The van der Waals surface area contributed by atoms with Gasteiger partial charge in [0.25, 0.3) is 5.91 Å². The number of nitrogens with zero attached hydrogens (tertiary/aromatic N) is 3. The molecule has 0 aromatic carbocycles. The van der Waals surface area contributed by atoms with Gasteiger partial charge in [-0.1, -0.05) is 11.8 Å². The van der Waals surface area contributed by atoms with Crippen LogP contribution in [-0.2, 0) is 12.8 Å². The number of aromatic nitrogens is 3. The maximum atomic E-state index is 11.4. The lowest BCUT2D eigenvalue weighted by Crippen LogP contribution is -2.30. The molecule has 0 aliphatic rings. The fourth-order valence-electron chi connectivity index (χ4n) is 1.38. The Kier molecular flexibility index (Phi) is 3.68. The Labute approximate surface area is 108 Å². The van der Waals surface area contributed by atoms with Crippen LogP contribution in [0, 0.1) is 6.92 Å². The molecule has 18 heavy (non-hydrogen) atoms. The summed E-state index contributed by atoms with van der Waals surface area (Å²) < 4.78 is 7.13. The molecule has 2 aromatic rings. The standard InChI is InChI=1S/C10H13N5O2S/c1-6-13-14-10(15(6)2)18-5-8-7(3-4-17-8)9(16)12-11/h3-4H,5,11H2,1-2H3,(H,12,16). The minimum Gasteiger partial charge on any atom is -0.468 e. The van der Waals surface area contributed by atoms with Gasteiger partial charge in [-0.2, -0.15) is 0 Å². The predicted octanol–water partition coefficient (Wildman–Crippen LogP) is 0.612. The van der Waals surface area contributed by atoms with E-state index in [9.17, 15) is 4.79 Å². The Hall–Kier alpha value is -1.80. The van der Waals surface area contributed by atoms with E-state index in [1.54, 1.807) is 6.07 Å². The van der Waals surface area contributed by atoms with Crippen LogP contribution in [0.5, 0.6) is 0 Å². The minimum atomic E-state index is -0.367. The number of carbonyl (C=O) groups is 1. The molecule has 1 amide bonds. The zero-order valence-electron chi connectivity index (χ0n) is 10.0. The number of hydrogen-bond acceptors (Lipinski definition) is 6. The first-order valence-corrected chi connectivity index (χ1v) is 6.18. The Morgan fingerprint density at radius 3 is 3.00 bits per heavy atom. The van der Waals surface area contributed by atoms with Crippen molar-refractivity contribution in [2.45, 2.75) is 17.8 Å². The molecule has 2 aromatic heterocycles. The van der Waals surface area contributed by atoms with Crippen molar-refractivity contribution in [3.8, 4) is 0 Å². The molecular formula is C10H13N5O2S. The van der Waals surface area contributed by atoms with Gasteiger partial charge in [-0.05, 0) is 13.0 Å². The normalized spacial score (nSPS) is 10.6. The molecule has 2 rings (SSSR count). The third-order valence-corrected chi connectivity index (χ3v) is 3.53. The first-order valence-electron chi connectivity index (χ1n) is 5.19. The van der Waals surface area contributed by atoms with Crippen LogP contribution in [0.15, 0.2) is 21.9 Å². The van der Waals surface area contributed by atoms with Crippen LogP contribution in [0.3, 0.4) is 0 Å². The van der Waals surface area contributed by atoms with E-state index < -0.39 is 0 Å². The van der Waals surface area contributed by atoms with Gasteiger partial charge in [0, 0.05) is 7.05 Å². The van der Waals surface area contributed by atoms with Crippen molar-refractivity contribution >= 4 is 17.7 Å². The average molecular weight is 267 g/mol. The average Bonchev–Trinajstić information content (AvgIpc) is 2.95. The second-order valence-electron chi connectivity index (χ2n) is 3.61.